The average molecular weight is 466 g/mol. The number of carbonyl (C=O) groups is 1. The van der Waals surface area contributed by atoms with Gasteiger partial charge in [0.2, 0.25) is 5.91 Å². The van der Waals surface area contributed by atoms with Gasteiger partial charge in [-0.1, -0.05) is 34.8 Å². The van der Waals surface area contributed by atoms with Crippen molar-refractivity contribution in [2.75, 3.05) is 13.1 Å². The molecule has 4 nitrogen and oxygen atoms in total. The van der Waals surface area contributed by atoms with E-state index in [0.717, 1.165) is 54.4 Å². The van der Waals surface area contributed by atoms with E-state index in [9.17, 15) is 4.79 Å². The summed E-state index contributed by atoms with van der Waals surface area (Å²) in [4.78, 5) is 18.9. The van der Waals surface area contributed by atoms with Crippen LogP contribution in [0.3, 0.4) is 0 Å². The minimum absolute atomic E-state index is 0.119. The minimum Gasteiger partial charge on any atom is -0.379 e. The third-order valence-electron chi connectivity index (χ3n) is 6.62. The molecule has 1 saturated heterocycles. The van der Waals surface area contributed by atoms with Gasteiger partial charge in [0.15, 0.2) is 0 Å². The van der Waals surface area contributed by atoms with E-state index >= 15 is 0 Å². The zero-order chi connectivity index (χ0) is 22.1. The standard InChI is InChI=1S/C26H25Cl2N3O/c27-21-3-4-23-19(14-21)1-2-20-15-22(28)16-30-26(20)25(23)18-7-11-31(12-8-18)24(32)13-17-5-9-29-10-6-17/h3-6,9-10,14-16,26,30H,1-2,7-8,11-13H2. The summed E-state index contributed by atoms with van der Waals surface area (Å²) in [6.07, 6.45) is 11.5. The lowest BCUT2D eigenvalue weighted by molar-refractivity contribution is -0.130. The smallest absolute Gasteiger partial charge is 0.227 e. The average Bonchev–Trinajstić information content (AvgIpc) is 2.96. The van der Waals surface area contributed by atoms with Gasteiger partial charge in [0.1, 0.15) is 0 Å². The van der Waals surface area contributed by atoms with E-state index in [1.807, 2.05) is 29.3 Å². The van der Waals surface area contributed by atoms with E-state index in [4.69, 9.17) is 23.2 Å². The zero-order valence-electron chi connectivity index (χ0n) is 17.8. The van der Waals surface area contributed by atoms with Crippen LogP contribution >= 0.6 is 23.2 Å². The molecule has 5 rings (SSSR count). The van der Waals surface area contributed by atoms with E-state index in [1.54, 1.807) is 12.4 Å². The van der Waals surface area contributed by atoms with Crippen molar-refractivity contribution in [1.29, 1.82) is 0 Å². The maximum atomic E-state index is 12.8. The number of nitrogens with one attached hydrogen (secondary N) is 1. The lowest BCUT2D eigenvalue weighted by atomic mass is 9.85. The molecule has 3 aliphatic rings. The molecule has 1 aliphatic carbocycles. The van der Waals surface area contributed by atoms with Crippen LogP contribution in [0.2, 0.25) is 5.02 Å². The van der Waals surface area contributed by atoms with Crippen LogP contribution in [-0.2, 0) is 17.6 Å². The largest absolute Gasteiger partial charge is 0.379 e. The molecule has 1 atom stereocenters. The molecule has 1 unspecified atom stereocenters. The van der Waals surface area contributed by atoms with Crippen LogP contribution in [0.1, 0.15) is 36.0 Å². The third kappa shape index (κ3) is 4.35. The van der Waals surface area contributed by atoms with E-state index in [-0.39, 0.29) is 11.9 Å². The number of halogens is 2. The van der Waals surface area contributed by atoms with Crippen molar-refractivity contribution in [2.24, 2.45) is 0 Å². The first kappa shape index (κ1) is 21.3. The Bertz CT molecular complexity index is 1130. The second kappa shape index (κ2) is 9.13. The Morgan fingerprint density at radius 2 is 1.84 bits per heavy atom. The van der Waals surface area contributed by atoms with Crippen molar-refractivity contribution < 1.29 is 4.79 Å². The molecule has 1 N–H and O–H groups in total. The molecule has 1 amide bonds. The normalized spacial score (nSPS) is 20.4. The van der Waals surface area contributed by atoms with Crippen molar-refractivity contribution in [3.63, 3.8) is 0 Å². The molecule has 0 saturated carbocycles. The van der Waals surface area contributed by atoms with Crippen molar-refractivity contribution >= 4 is 34.7 Å². The number of nitrogens with zero attached hydrogens (tertiary/aromatic N) is 2. The first-order valence-corrected chi connectivity index (χ1v) is 11.8. The number of rotatable bonds is 2. The van der Waals surface area contributed by atoms with Gasteiger partial charge in [-0.3, -0.25) is 9.78 Å². The summed E-state index contributed by atoms with van der Waals surface area (Å²) in [7, 11) is 0. The fourth-order valence-corrected chi connectivity index (χ4v) is 5.40. The van der Waals surface area contributed by atoms with Crippen LogP contribution in [-0.4, -0.2) is 34.9 Å². The summed E-state index contributed by atoms with van der Waals surface area (Å²) >= 11 is 12.7. The molecule has 164 valence electrons. The maximum Gasteiger partial charge on any atom is 0.227 e. The van der Waals surface area contributed by atoms with Crippen LogP contribution in [0, 0.1) is 0 Å². The molecule has 1 fully saturated rings. The Labute approximate surface area is 198 Å². The predicted octanol–water partition coefficient (Wildman–Crippen LogP) is 5.28. The summed E-state index contributed by atoms with van der Waals surface area (Å²) < 4.78 is 0. The lowest BCUT2D eigenvalue weighted by Crippen LogP contribution is -2.38. The van der Waals surface area contributed by atoms with Crippen LogP contribution in [0.5, 0.6) is 0 Å². The van der Waals surface area contributed by atoms with Crippen molar-refractivity contribution in [2.45, 2.75) is 38.1 Å². The van der Waals surface area contributed by atoms with Gasteiger partial charge in [0.25, 0.3) is 0 Å². The molecule has 6 heteroatoms. The molecule has 0 spiro atoms. The minimum atomic E-state index is 0.119. The number of amides is 1. The van der Waals surface area contributed by atoms with Crippen LogP contribution in [0.4, 0.5) is 0 Å². The highest BCUT2D eigenvalue weighted by Gasteiger charge is 2.31. The Morgan fingerprint density at radius 1 is 1.06 bits per heavy atom. The highest BCUT2D eigenvalue weighted by molar-refractivity contribution is 6.31. The number of allylic oxidation sites excluding steroid dienone is 2. The fraction of sp³-hybridized carbons (Fsp3) is 0.308. The van der Waals surface area contributed by atoms with E-state index < -0.39 is 0 Å². The van der Waals surface area contributed by atoms with Gasteiger partial charge in [0, 0.05) is 36.7 Å². The molecule has 0 bridgehead atoms. The number of aromatic nitrogens is 1. The molecule has 3 heterocycles. The quantitative estimate of drug-likeness (QED) is 0.655. The number of likely N-dealkylation sites (tertiary alicyclic amines) is 1. The van der Waals surface area contributed by atoms with Gasteiger partial charge in [0.05, 0.1) is 17.5 Å². The zero-order valence-corrected chi connectivity index (χ0v) is 19.3. The second-order valence-corrected chi connectivity index (χ2v) is 9.45. The monoisotopic (exact) mass is 465 g/mol. The number of dihydropyridines is 1. The number of benzene rings is 1. The first-order valence-electron chi connectivity index (χ1n) is 11.1. The van der Waals surface area contributed by atoms with Gasteiger partial charge in [-0.15, -0.1) is 0 Å². The molecule has 1 aromatic heterocycles. The Balaban J connectivity index is 1.42. The SMILES string of the molecule is O=C(Cc1ccncc1)N1CCC(=C2c3ccc(Cl)cc3CCC3=CC(Cl)=CNC32)CC1. The molecule has 2 aliphatic heterocycles. The highest BCUT2D eigenvalue weighted by atomic mass is 35.5. The number of fused-ring (bicyclic) bond motifs is 2. The number of piperidine rings is 1. The molecule has 1 aromatic carbocycles. The van der Waals surface area contributed by atoms with E-state index in [0.29, 0.717) is 6.42 Å². The summed E-state index contributed by atoms with van der Waals surface area (Å²) in [6, 6.07) is 10.2. The van der Waals surface area contributed by atoms with Crippen molar-refractivity contribution in [3.05, 3.63) is 92.9 Å². The lowest BCUT2D eigenvalue weighted by Gasteiger charge is -2.33. The molecule has 32 heavy (non-hydrogen) atoms. The summed E-state index contributed by atoms with van der Waals surface area (Å²) in [5.41, 5.74) is 7.62. The summed E-state index contributed by atoms with van der Waals surface area (Å²) in [5, 5.41) is 5.05. The summed E-state index contributed by atoms with van der Waals surface area (Å²) in [5.74, 6) is 0.180. The topological polar surface area (TPSA) is 45.2 Å². The fourth-order valence-electron chi connectivity index (χ4n) is 5.00. The van der Waals surface area contributed by atoms with Gasteiger partial charge in [-0.25, -0.2) is 0 Å². The van der Waals surface area contributed by atoms with Crippen LogP contribution in [0.25, 0.3) is 5.57 Å². The van der Waals surface area contributed by atoms with Crippen LogP contribution in [0.15, 0.2) is 71.2 Å². The number of pyridine rings is 1. The molecular formula is C26H25Cl2N3O. The number of hydrogen-bond acceptors (Lipinski definition) is 3. The first-order chi connectivity index (χ1) is 15.6. The number of aryl methyl sites for hydroxylation is 1. The van der Waals surface area contributed by atoms with Gasteiger partial charge < -0.3 is 10.2 Å². The molecule has 2 aromatic rings. The molecular weight excluding hydrogens is 441 g/mol. The number of hydrogen-bond donors (Lipinski definition) is 1. The third-order valence-corrected chi connectivity index (χ3v) is 7.07. The van der Waals surface area contributed by atoms with Gasteiger partial charge >= 0.3 is 0 Å². The Kier molecular flexibility index (Phi) is 6.07. The maximum absolute atomic E-state index is 12.8. The molecule has 0 radical (unpaired) electrons. The van der Waals surface area contributed by atoms with E-state index in [1.165, 1.54) is 27.8 Å². The van der Waals surface area contributed by atoms with Crippen molar-refractivity contribution in [3.8, 4) is 0 Å². The Morgan fingerprint density at radius 3 is 2.62 bits per heavy atom. The second-order valence-electron chi connectivity index (χ2n) is 8.58. The van der Waals surface area contributed by atoms with Gasteiger partial charge in [-0.2, -0.15) is 0 Å². The van der Waals surface area contributed by atoms with Crippen molar-refractivity contribution in [1.82, 2.24) is 15.2 Å². The Hall–Kier alpha value is -2.56. The van der Waals surface area contributed by atoms with Gasteiger partial charge in [-0.05, 0) is 83.9 Å². The highest BCUT2D eigenvalue weighted by Crippen LogP contribution is 2.40. The number of carbonyl (C=O) groups excluding carboxylic acids is 1. The predicted molar refractivity (Wildman–Crippen MR) is 129 cm³/mol. The van der Waals surface area contributed by atoms with E-state index in [2.05, 4.69) is 28.5 Å². The summed E-state index contributed by atoms with van der Waals surface area (Å²) in [6.45, 7) is 1.49. The van der Waals surface area contributed by atoms with Crippen LogP contribution < -0.4 is 5.32 Å².